The first-order chi connectivity index (χ1) is 9.93. The summed E-state index contributed by atoms with van der Waals surface area (Å²) in [6, 6.07) is 2.01. The second-order valence-electron chi connectivity index (χ2n) is 4.90. The fourth-order valence-corrected chi connectivity index (χ4v) is 3.02. The molecule has 21 heavy (non-hydrogen) atoms. The first-order valence-electron chi connectivity index (χ1n) is 6.67. The molecule has 0 radical (unpaired) electrons. The lowest BCUT2D eigenvalue weighted by Gasteiger charge is -2.36. The van der Waals surface area contributed by atoms with Crippen molar-refractivity contribution < 1.29 is 19.0 Å². The van der Waals surface area contributed by atoms with Crippen molar-refractivity contribution in [3.05, 3.63) is 33.6 Å². The van der Waals surface area contributed by atoms with Gasteiger partial charge < -0.3 is 9.84 Å². The first kappa shape index (κ1) is 16.5. The van der Waals surface area contributed by atoms with Crippen LogP contribution < -0.4 is 0 Å². The lowest BCUT2D eigenvalue weighted by molar-refractivity contribution is -0.147. The molecule has 1 saturated heterocycles. The summed E-state index contributed by atoms with van der Waals surface area (Å²) >= 11 is 11.8. The average molecular weight is 336 g/mol. The summed E-state index contributed by atoms with van der Waals surface area (Å²) in [4.78, 5) is 13.1. The third kappa shape index (κ3) is 3.66. The van der Waals surface area contributed by atoms with E-state index in [1.807, 2.05) is 11.8 Å². The monoisotopic (exact) mass is 335 g/mol. The molecule has 4 nitrogen and oxygen atoms in total. The number of ether oxygens (including phenoxy) is 1. The Balaban J connectivity index is 2.21. The Labute approximate surface area is 132 Å². The predicted octanol–water partition coefficient (Wildman–Crippen LogP) is 3.37. The van der Waals surface area contributed by atoms with Gasteiger partial charge in [0.15, 0.2) is 0 Å². The summed E-state index contributed by atoms with van der Waals surface area (Å²) in [7, 11) is 0. The van der Waals surface area contributed by atoms with E-state index in [-0.39, 0.29) is 5.02 Å². The van der Waals surface area contributed by atoms with E-state index in [4.69, 9.17) is 27.9 Å². The number of carboxylic acids is 1. The normalized spacial score (nSPS) is 21.2. The van der Waals surface area contributed by atoms with Crippen LogP contribution in [0.4, 0.5) is 4.39 Å². The number of halogens is 3. The second-order valence-corrected chi connectivity index (χ2v) is 5.72. The molecule has 0 aliphatic carbocycles. The fraction of sp³-hybridized carbons (Fsp3) is 0.500. The van der Waals surface area contributed by atoms with E-state index in [9.17, 15) is 14.3 Å². The molecule has 1 heterocycles. The van der Waals surface area contributed by atoms with Crippen LogP contribution in [0.3, 0.4) is 0 Å². The highest BCUT2D eigenvalue weighted by molar-refractivity contribution is 6.35. The summed E-state index contributed by atoms with van der Waals surface area (Å²) in [5.74, 6) is -1.44. The zero-order valence-electron chi connectivity index (χ0n) is 11.5. The zero-order chi connectivity index (χ0) is 15.6. The van der Waals surface area contributed by atoms with E-state index in [1.54, 1.807) is 0 Å². The van der Waals surface area contributed by atoms with E-state index in [0.717, 1.165) is 0 Å². The molecule has 7 heteroatoms. The number of carboxylic acid groups (broad SMARTS) is 1. The molecule has 2 rings (SSSR count). The molecule has 116 valence electrons. The second kappa shape index (κ2) is 6.92. The predicted molar refractivity (Wildman–Crippen MR) is 78.4 cm³/mol. The quantitative estimate of drug-likeness (QED) is 0.857. The van der Waals surface area contributed by atoms with Gasteiger partial charge in [-0.3, -0.25) is 9.69 Å². The molecule has 2 atom stereocenters. The van der Waals surface area contributed by atoms with Gasteiger partial charge in [-0.15, -0.1) is 0 Å². The summed E-state index contributed by atoms with van der Waals surface area (Å²) in [6.45, 7) is 3.06. The third-order valence-corrected chi connectivity index (χ3v) is 4.21. The molecule has 1 fully saturated rings. The van der Waals surface area contributed by atoms with Gasteiger partial charge in [0.1, 0.15) is 11.9 Å². The van der Waals surface area contributed by atoms with Crippen LogP contribution in [-0.2, 0) is 9.53 Å². The van der Waals surface area contributed by atoms with Gasteiger partial charge in [-0.1, -0.05) is 30.1 Å². The maximum atomic E-state index is 13.6. The smallest absolute Gasteiger partial charge is 0.320 e. The van der Waals surface area contributed by atoms with Crippen molar-refractivity contribution in [1.82, 2.24) is 4.90 Å². The minimum Gasteiger partial charge on any atom is -0.480 e. The van der Waals surface area contributed by atoms with Gasteiger partial charge in [-0.25, -0.2) is 4.39 Å². The molecular weight excluding hydrogens is 320 g/mol. The largest absolute Gasteiger partial charge is 0.480 e. The van der Waals surface area contributed by atoms with Crippen molar-refractivity contribution in [2.24, 2.45) is 0 Å². The Kier molecular flexibility index (Phi) is 5.43. The maximum Gasteiger partial charge on any atom is 0.320 e. The molecule has 1 aliphatic heterocycles. The van der Waals surface area contributed by atoms with Crippen LogP contribution in [0.1, 0.15) is 25.0 Å². The van der Waals surface area contributed by atoms with Gasteiger partial charge in [0.2, 0.25) is 0 Å². The van der Waals surface area contributed by atoms with Gasteiger partial charge in [-0.05, 0) is 18.6 Å². The summed E-state index contributed by atoms with van der Waals surface area (Å²) in [5.41, 5.74) is 0.489. The van der Waals surface area contributed by atoms with E-state index < -0.39 is 23.9 Å². The topological polar surface area (TPSA) is 49.8 Å². The van der Waals surface area contributed by atoms with Crippen LogP contribution in [0.5, 0.6) is 0 Å². The number of rotatable bonds is 4. The van der Waals surface area contributed by atoms with E-state index in [0.29, 0.717) is 36.7 Å². The lowest BCUT2D eigenvalue weighted by Crippen LogP contribution is -2.48. The highest BCUT2D eigenvalue weighted by atomic mass is 35.5. The van der Waals surface area contributed by atoms with Gasteiger partial charge in [0, 0.05) is 23.7 Å². The Hall–Kier alpha value is -0.880. The van der Waals surface area contributed by atoms with Gasteiger partial charge in [-0.2, -0.15) is 0 Å². The highest BCUT2D eigenvalue weighted by Gasteiger charge is 2.31. The van der Waals surface area contributed by atoms with Crippen molar-refractivity contribution in [2.75, 3.05) is 19.7 Å². The molecule has 1 aromatic carbocycles. The van der Waals surface area contributed by atoms with E-state index >= 15 is 0 Å². The highest BCUT2D eigenvalue weighted by Crippen LogP contribution is 2.32. The minimum atomic E-state index is -0.869. The number of hydrogen-bond donors (Lipinski definition) is 1. The van der Waals surface area contributed by atoms with Crippen molar-refractivity contribution in [2.45, 2.75) is 25.5 Å². The Morgan fingerprint density at radius 1 is 1.52 bits per heavy atom. The number of benzene rings is 1. The third-order valence-electron chi connectivity index (χ3n) is 3.60. The molecular formula is C14H16Cl2FNO3. The van der Waals surface area contributed by atoms with Gasteiger partial charge >= 0.3 is 5.97 Å². The standard InChI is InChI=1S/C14H16Cl2FNO3/c1-2-12(14(19)20)18-3-4-21-13(7-18)8-5-11(17)10(16)6-9(8)15/h5-6,12-13H,2-4,7H2,1H3,(H,19,20). The summed E-state index contributed by atoms with van der Waals surface area (Å²) < 4.78 is 19.2. The number of nitrogens with zero attached hydrogens (tertiary/aromatic N) is 1. The van der Waals surface area contributed by atoms with Crippen LogP contribution in [0.25, 0.3) is 0 Å². The van der Waals surface area contributed by atoms with Crippen LogP contribution in [-0.4, -0.2) is 41.7 Å². The first-order valence-corrected chi connectivity index (χ1v) is 7.42. The van der Waals surface area contributed by atoms with E-state index in [2.05, 4.69) is 0 Å². The average Bonchev–Trinajstić information content (AvgIpc) is 2.43. The molecule has 2 unspecified atom stereocenters. The molecule has 1 aliphatic rings. The molecule has 1 aromatic rings. The Morgan fingerprint density at radius 3 is 2.86 bits per heavy atom. The number of carbonyl (C=O) groups is 1. The SMILES string of the molecule is CCC(C(=O)O)N1CCOC(c2cc(F)c(Cl)cc2Cl)C1. The van der Waals surface area contributed by atoms with Crippen LogP contribution in [0, 0.1) is 5.82 Å². The summed E-state index contributed by atoms with van der Waals surface area (Å²) in [5, 5.41) is 9.50. The van der Waals surface area contributed by atoms with Crippen molar-refractivity contribution in [1.29, 1.82) is 0 Å². The Morgan fingerprint density at radius 2 is 2.24 bits per heavy atom. The molecule has 0 spiro atoms. The molecule has 0 bridgehead atoms. The van der Waals surface area contributed by atoms with Crippen LogP contribution in [0.2, 0.25) is 10.0 Å². The van der Waals surface area contributed by atoms with Crippen LogP contribution in [0.15, 0.2) is 12.1 Å². The van der Waals surface area contributed by atoms with Crippen molar-refractivity contribution >= 4 is 29.2 Å². The fourth-order valence-electron chi connectivity index (χ4n) is 2.51. The van der Waals surface area contributed by atoms with Gasteiger partial charge in [0.05, 0.1) is 17.7 Å². The maximum absolute atomic E-state index is 13.6. The Bertz CT molecular complexity index is 541. The zero-order valence-corrected chi connectivity index (χ0v) is 13.0. The molecule has 1 N–H and O–H groups in total. The van der Waals surface area contributed by atoms with Crippen molar-refractivity contribution in [3.8, 4) is 0 Å². The number of aliphatic carboxylic acids is 1. The number of morpholine rings is 1. The molecule has 0 saturated carbocycles. The lowest BCUT2D eigenvalue weighted by atomic mass is 10.1. The van der Waals surface area contributed by atoms with Crippen molar-refractivity contribution in [3.63, 3.8) is 0 Å². The van der Waals surface area contributed by atoms with Gasteiger partial charge in [0.25, 0.3) is 0 Å². The number of hydrogen-bond acceptors (Lipinski definition) is 3. The molecule has 0 aromatic heterocycles. The van der Waals surface area contributed by atoms with Crippen LogP contribution >= 0.6 is 23.2 Å². The van der Waals surface area contributed by atoms with E-state index in [1.165, 1.54) is 12.1 Å². The summed E-state index contributed by atoms with van der Waals surface area (Å²) in [6.07, 6.45) is 0.0246. The minimum absolute atomic E-state index is 0.0478. The molecule has 0 amide bonds.